The number of furan rings is 1. The van der Waals surface area contributed by atoms with Gasteiger partial charge in [-0.2, -0.15) is 4.31 Å². The second-order valence-electron chi connectivity index (χ2n) is 4.32. The van der Waals surface area contributed by atoms with Crippen LogP contribution in [0.3, 0.4) is 0 Å². The number of para-hydroxylation sites is 1. The molecule has 5 heteroatoms. The van der Waals surface area contributed by atoms with E-state index in [4.69, 9.17) is 4.42 Å². The van der Waals surface area contributed by atoms with Crippen LogP contribution in [0.25, 0.3) is 11.0 Å². The fourth-order valence-electron chi connectivity index (χ4n) is 1.85. The number of fused-ring (bicyclic) bond motifs is 1. The Labute approximate surface area is 107 Å². The van der Waals surface area contributed by atoms with Crippen LogP contribution in [-0.4, -0.2) is 25.5 Å². The monoisotopic (exact) mass is 267 g/mol. The lowest BCUT2D eigenvalue weighted by atomic mass is 10.2. The van der Waals surface area contributed by atoms with Crippen molar-refractivity contribution in [2.45, 2.75) is 19.9 Å². The SMILES string of the molecule is CCCS(=O)(=O)N(C)Cc1cc2ccccc2o1. The third-order valence-corrected chi connectivity index (χ3v) is 4.79. The number of benzene rings is 1. The summed E-state index contributed by atoms with van der Waals surface area (Å²) in [6.45, 7) is 2.13. The molecule has 0 aliphatic rings. The van der Waals surface area contributed by atoms with Gasteiger partial charge in [-0.1, -0.05) is 25.1 Å². The van der Waals surface area contributed by atoms with Crippen LogP contribution in [0.4, 0.5) is 0 Å². The molecule has 2 rings (SSSR count). The first-order valence-corrected chi connectivity index (χ1v) is 7.55. The van der Waals surface area contributed by atoms with E-state index in [0.29, 0.717) is 12.2 Å². The zero-order chi connectivity index (χ0) is 13.2. The van der Waals surface area contributed by atoms with E-state index in [-0.39, 0.29) is 12.3 Å². The molecule has 0 N–H and O–H groups in total. The minimum Gasteiger partial charge on any atom is -0.460 e. The highest BCUT2D eigenvalue weighted by Gasteiger charge is 2.18. The molecule has 0 fully saturated rings. The van der Waals surface area contributed by atoms with Crippen molar-refractivity contribution in [1.29, 1.82) is 0 Å². The molecule has 0 amide bonds. The normalized spacial score (nSPS) is 12.4. The van der Waals surface area contributed by atoms with Crippen molar-refractivity contribution in [3.8, 4) is 0 Å². The van der Waals surface area contributed by atoms with Gasteiger partial charge in [-0.15, -0.1) is 0 Å². The van der Waals surface area contributed by atoms with Crippen LogP contribution in [0.15, 0.2) is 34.7 Å². The van der Waals surface area contributed by atoms with Crippen molar-refractivity contribution < 1.29 is 12.8 Å². The Morgan fingerprint density at radius 1 is 1.28 bits per heavy atom. The number of hydrogen-bond donors (Lipinski definition) is 0. The van der Waals surface area contributed by atoms with Crippen molar-refractivity contribution in [2.24, 2.45) is 0 Å². The first kappa shape index (κ1) is 13.1. The van der Waals surface area contributed by atoms with Gasteiger partial charge in [-0.3, -0.25) is 0 Å². The standard InChI is InChI=1S/C13H17NO3S/c1-3-8-18(15,16)14(2)10-12-9-11-6-4-5-7-13(11)17-12/h4-7,9H,3,8,10H2,1-2H3. The minimum atomic E-state index is -3.17. The average molecular weight is 267 g/mol. The Morgan fingerprint density at radius 2 is 2.00 bits per heavy atom. The highest BCUT2D eigenvalue weighted by Crippen LogP contribution is 2.20. The lowest BCUT2D eigenvalue weighted by molar-refractivity contribution is 0.417. The third kappa shape index (κ3) is 2.73. The summed E-state index contributed by atoms with van der Waals surface area (Å²) >= 11 is 0. The average Bonchev–Trinajstić information content (AvgIpc) is 2.70. The lowest BCUT2D eigenvalue weighted by Gasteiger charge is -2.14. The number of sulfonamides is 1. The molecule has 0 aliphatic carbocycles. The van der Waals surface area contributed by atoms with Crippen LogP contribution >= 0.6 is 0 Å². The molecule has 98 valence electrons. The van der Waals surface area contributed by atoms with E-state index in [1.807, 2.05) is 37.3 Å². The van der Waals surface area contributed by atoms with Gasteiger partial charge in [-0.25, -0.2) is 8.42 Å². The van der Waals surface area contributed by atoms with Crippen LogP contribution in [-0.2, 0) is 16.6 Å². The van der Waals surface area contributed by atoms with Crippen LogP contribution in [0, 0.1) is 0 Å². The van der Waals surface area contributed by atoms with E-state index < -0.39 is 10.0 Å². The Morgan fingerprint density at radius 3 is 2.67 bits per heavy atom. The molecule has 2 aromatic rings. The van der Waals surface area contributed by atoms with Crippen LogP contribution in [0.5, 0.6) is 0 Å². The van der Waals surface area contributed by atoms with Crippen LogP contribution in [0.2, 0.25) is 0 Å². The van der Waals surface area contributed by atoms with Gasteiger partial charge in [0.1, 0.15) is 11.3 Å². The molecule has 1 aromatic carbocycles. The first-order valence-electron chi connectivity index (χ1n) is 5.94. The van der Waals surface area contributed by atoms with Gasteiger partial charge in [0, 0.05) is 12.4 Å². The maximum Gasteiger partial charge on any atom is 0.214 e. The van der Waals surface area contributed by atoms with Gasteiger partial charge < -0.3 is 4.42 Å². The predicted molar refractivity (Wildman–Crippen MR) is 71.8 cm³/mol. The molecule has 4 nitrogen and oxygen atoms in total. The number of hydrogen-bond acceptors (Lipinski definition) is 3. The summed E-state index contributed by atoms with van der Waals surface area (Å²) < 4.78 is 30.6. The van der Waals surface area contributed by atoms with Crippen LogP contribution in [0.1, 0.15) is 19.1 Å². The largest absolute Gasteiger partial charge is 0.460 e. The first-order chi connectivity index (χ1) is 8.53. The van der Waals surface area contributed by atoms with Gasteiger partial charge in [-0.05, 0) is 18.6 Å². The summed E-state index contributed by atoms with van der Waals surface area (Å²) in [5.41, 5.74) is 0.786. The van der Waals surface area contributed by atoms with Crippen molar-refractivity contribution in [2.75, 3.05) is 12.8 Å². The molecule has 0 saturated carbocycles. The minimum absolute atomic E-state index is 0.170. The van der Waals surface area contributed by atoms with Crippen molar-refractivity contribution in [1.82, 2.24) is 4.31 Å². The molecule has 18 heavy (non-hydrogen) atoms. The molecule has 0 atom stereocenters. The van der Waals surface area contributed by atoms with E-state index >= 15 is 0 Å². The molecule has 0 aliphatic heterocycles. The predicted octanol–water partition coefficient (Wildman–Crippen LogP) is 2.60. The van der Waals surface area contributed by atoms with E-state index in [1.165, 1.54) is 4.31 Å². The fourth-order valence-corrected chi connectivity index (χ4v) is 3.00. The molecule has 0 bridgehead atoms. The molecule has 0 spiro atoms. The van der Waals surface area contributed by atoms with E-state index in [9.17, 15) is 8.42 Å². The van der Waals surface area contributed by atoms with Crippen molar-refractivity contribution in [3.63, 3.8) is 0 Å². The molecule has 0 unspecified atom stereocenters. The topological polar surface area (TPSA) is 50.5 Å². The second-order valence-corrected chi connectivity index (χ2v) is 6.52. The quantitative estimate of drug-likeness (QED) is 0.836. The third-order valence-electron chi connectivity index (χ3n) is 2.79. The summed E-state index contributed by atoms with van der Waals surface area (Å²) in [5, 5.41) is 0.994. The Kier molecular flexibility index (Phi) is 3.73. The molecule has 0 saturated heterocycles. The van der Waals surface area contributed by atoms with Gasteiger partial charge in [0.2, 0.25) is 10.0 Å². The summed E-state index contributed by atoms with van der Waals surface area (Å²) in [6.07, 6.45) is 0.618. The molecule has 1 heterocycles. The van der Waals surface area contributed by atoms with Gasteiger partial charge in [0.15, 0.2) is 0 Å². The highest BCUT2D eigenvalue weighted by atomic mass is 32.2. The van der Waals surface area contributed by atoms with Gasteiger partial charge >= 0.3 is 0 Å². The van der Waals surface area contributed by atoms with Gasteiger partial charge in [0.05, 0.1) is 12.3 Å². The van der Waals surface area contributed by atoms with Gasteiger partial charge in [0.25, 0.3) is 0 Å². The van der Waals surface area contributed by atoms with E-state index in [1.54, 1.807) is 7.05 Å². The van der Waals surface area contributed by atoms with Crippen molar-refractivity contribution in [3.05, 3.63) is 36.1 Å². The zero-order valence-electron chi connectivity index (χ0n) is 10.6. The van der Waals surface area contributed by atoms with Crippen molar-refractivity contribution >= 4 is 21.0 Å². The lowest BCUT2D eigenvalue weighted by Crippen LogP contribution is -2.28. The molecular formula is C13H17NO3S. The number of rotatable bonds is 5. The maximum atomic E-state index is 11.8. The highest BCUT2D eigenvalue weighted by molar-refractivity contribution is 7.89. The molecular weight excluding hydrogens is 250 g/mol. The fraction of sp³-hybridized carbons (Fsp3) is 0.385. The zero-order valence-corrected chi connectivity index (χ0v) is 11.4. The maximum absolute atomic E-state index is 11.8. The van der Waals surface area contributed by atoms with E-state index in [2.05, 4.69) is 0 Å². The molecule has 1 aromatic heterocycles. The summed E-state index contributed by atoms with van der Waals surface area (Å²) in [7, 11) is -1.59. The Balaban J connectivity index is 2.18. The summed E-state index contributed by atoms with van der Waals surface area (Å²) in [4.78, 5) is 0. The summed E-state index contributed by atoms with van der Waals surface area (Å²) in [6, 6.07) is 9.53. The Hall–Kier alpha value is -1.33. The van der Waals surface area contributed by atoms with Crippen LogP contribution < -0.4 is 0 Å². The summed E-state index contributed by atoms with van der Waals surface area (Å²) in [5.74, 6) is 0.836. The smallest absolute Gasteiger partial charge is 0.214 e. The Bertz CT molecular complexity index is 597. The second kappa shape index (κ2) is 5.12. The van der Waals surface area contributed by atoms with E-state index in [0.717, 1.165) is 11.0 Å². The number of nitrogens with zero attached hydrogens (tertiary/aromatic N) is 1. The molecule has 0 radical (unpaired) electrons.